The minimum atomic E-state index is -3.80. The summed E-state index contributed by atoms with van der Waals surface area (Å²) in [6, 6.07) is 0. The van der Waals surface area contributed by atoms with E-state index in [1.165, 1.54) is 0 Å². The van der Waals surface area contributed by atoms with Crippen LogP contribution in [0.25, 0.3) is 0 Å². The van der Waals surface area contributed by atoms with Crippen LogP contribution in [0.1, 0.15) is 42.8 Å². The minimum Gasteiger partial charge on any atom is -0.381 e. The van der Waals surface area contributed by atoms with Gasteiger partial charge in [0.05, 0.1) is 16.8 Å². The number of ether oxygens (including phenoxy) is 1. The second kappa shape index (κ2) is 7.06. The molecule has 0 bridgehead atoms. The van der Waals surface area contributed by atoms with Crippen LogP contribution in [0.5, 0.6) is 0 Å². The number of sulfonamides is 1. The summed E-state index contributed by atoms with van der Waals surface area (Å²) in [6.45, 7) is 3.38. The first kappa shape index (κ1) is 17.4. The molecule has 0 unspecified atom stereocenters. The zero-order valence-electron chi connectivity index (χ0n) is 13.1. The molecule has 1 saturated carbocycles. The summed E-state index contributed by atoms with van der Waals surface area (Å²) in [4.78, 5) is 16.1. The summed E-state index contributed by atoms with van der Waals surface area (Å²) in [6.07, 6.45) is 4.15. The van der Waals surface area contributed by atoms with Gasteiger partial charge in [-0.05, 0) is 45.4 Å². The van der Waals surface area contributed by atoms with Crippen molar-refractivity contribution in [2.45, 2.75) is 56.3 Å². The Morgan fingerprint density at radius 1 is 1.32 bits per heavy atom. The highest BCUT2D eigenvalue weighted by Gasteiger charge is 2.27. The highest BCUT2D eigenvalue weighted by atomic mass is 32.2. The Morgan fingerprint density at radius 3 is 2.45 bits per heavy atom. The number of carbonyl (C=O) groups is 1. The summed E-state index contributed by atoms with van der Waals surface area (Å²) >= 11 is 1.08. The van der Waals surface area contributed by atoms with Gasteiger partial charge in [0.1, 0.15) is 0 Å². The zero-order chi connectivity index (χ0) is 16.3. The number of methoxy groups -OCH3 is 1. The summed E-state index contributed by atoms with van der Waals surface area (Å²) < 4.78 is 32.1. The van der Waals surface area contributed by atoms with Gasteiger partial charge in [-0.3, -0.25) is 4.79 Å². The van der Waals surface area contributed by atoms with Crippen molar-refractivity contribution < 1.29 is 17.9 Å². The average Bonchev–Trinajstić information content (AvgIpc) is 2.79. The van der Waals surface area contributed by atoms with Crippen LogP contribution < -0.4 is 4.72 Å². The summed E-state index contributed by atoms with van der Waals surface area (Å²) in [5.41, 5.74) is 0.434. The molecule has 8 heteroatoms. The van der Waals surface area contributed by atoms with Crippen LogP contribution in [0.4, 0.5) is 0 Å². The molecular weight excluding hydrogens is 324 g/mol. The second-order valence-electron chi connectivity index (χ2n) is 5.72. The first-order valence-electron chi connectivity index (χ1n) is 7.34. The van der Waals surface area contributed by atoms with Gasteiger partial charge in [-0.1, -0.05) is 0 Å². The van der Waals surface area contributed by atoms with E-state index >= 15 is 0 Å². The van der Waals surface area contributed by atoms with Gasteiger partial charge in [-0.15, -0.1) is 11.3 Å². The van der Waals surface area contributed by atoms with Crippen molar-refractivity contribution in [1.29, 1.82) is 0 Å². The Labute approximate surface area is 135 Å². The molecule has 0 aromatic carbocycles. The molecule has 124 valence electrons. The standard InChI is InChI=1S/C14H22N2O4S2/c1-9-14(21-10(2)15-9)22(18,19)16-13(17)8-11-4-6-12(20-3)7-5-11/h11-12H,4-8H2,1-3H3,(H,16,17). The molecule has 1 N–H and O–H groups in total. The van der Waals surface area contributed by atoms with Crippen LogP contribution in [0.15, 0.2) is 4.21 Å². The monoisotopic (exact) mass is 346 g/mol. The number of aryl methyl sites for hydroxylation is 2. The number of thiazole rings is 1. The van der Waals surface area contributed by atoms with Crippen LogP contribution in [0.3, 0.4) is 0 Å². The van der Waals surface area contributed by atoms with Crippen LogP contribution in [0.2, 0.25) is 0 Å². The molecule has 0 radical (unpaired) electrons. The Balaban J connectivity index is 1.93. The lowest BCUT2D eigenvalue weighted by Crippen LogP contribution is -2.33. The van der Waals surface area contributed by atoms with Crippen molar-refractivity contribution in [3.8, 4) is 0 Å². The summed E-state index contributed by atoms with van der Waals surface area (Å²) in [5, 5.41) is 0.670. The van der Waals surface area contributed by atoms with Crippen molar-refractivity contribution in [3.05, 3.63) is 10.7 Å². The molecule has 0 atom stereocenters. The number of nitrogens with one attached hydrogen (secondary N) is 1. The molecule has 1 fully saturated rings. The molecular formula is C14H22N2O4S2. The third-order valence-corrected chi connectivity index (χ3v) is 7.01. The predicted octanol–water partition coefficient (Wildman–Crippen LogP) is 2.16. The van der Waals surface area contributed by atoms with Crippen LogP contribution >= 0.6 is 11.3 Å². The Kier molecular flexibility index (Phi) is 5.57. The Bertz CT molecular complexity index is 631. The lowest BCUT2D eigenvalue weighted by Gasteiger charge is -2.27. The molecule has 1 aliphatic rings. The van der Waals surface area contributed by atoms with E-state index in [0.717, 1.165) is 37.0 Å². The predicted molar refractivity (Wildman–Crippen MR) is 84.3 cm³/mol. The van der Waals surface area contributed by atoms with Crippen molar-refractivity contribution in [1.82, 2.24) is 9.71 Å². The SMILES string of the molecule is COC1CCC(CC(=O)NS(=O)(=O)c2sc(C)nc2C)CC1. The first-order valence-corrected chi connectivity index (χ1v) is 9.64. The fourth-order valence-electron chi connectivity index (χ4n) is 2.83. The van der Waals surface area contributed by atoms with E-state index in [0.29, 0.717) is 10.7 Å². The number of hydrogen-bond acceptors (Lipinski definition) is 6. The molecule has 0 saturated heterocycles. The summed E-state index contributed by atoms with van der Waals surface area (Å²) in [5.74, 6) is -0.211. The molecule has 22 heavy (non-hydrogen) atoms. The number of rotatable bonds is 5. The van der Waals surface area contributed by atoms with E-state index in [2.05, 4.69) is 9.71 Å². The first-order chi connectivity index (χ1) is 10.3. The highest BCUT2D eigenvalue weighted by Crippen LogP contribution is 2.28. The normalized spacial score (nSPS) is 22.5. The molecule has 1 heterocycles. The van der Waals surface area contributed by atoms with E-state index < -0.39 is 15.9 Å². The third-order valence-electron chi connectivity index (χ3n) is 3.95. The van der Waals surface area contributed by atoms with Crippen LogP contribution in [-0.4, -0.2) is 32.5 Å². The van der Waals surface area contributed by atoms with Crippen molar-refractivity contribution in [3.63, 3.8) is 0 Å². The highest BCUT2D eigenvalue weighted by molar-refractivity contribution is 7.92. The van der Waals surface area contributed by atoms with Crippen LogP contribution in [-0.2, 0) is 19.6 Å². The second-order valence-corrected chi connectivity index (χ2v) is 8.80. The molecule has 1 amide bonds. The quantitative estimate of drug-likeness (QED) is 0.883. The van der Waals surface area contributed by atoms with E-state index in [1.54, 1.807) is 21.0 Å². The maximum atomic E-state index is 12.2. The molecule has 0 spiro atoms. The molecule has 1 aliphatic carbocycles. The van der Waals surface area contributed by atoms with Gasteiger partial charge >= 0.3 is 0 Å². The third kappa shape index (κ3) is 4.27. The van der Waals surface area contributed by atoms with Gasteiger partial charge in [-0.25, -0.2) is 18.1 Å². The van der Waals surface area contributed by atoms with E-state index in [-0.39, 0.29) is 22.7 Å². The molecule has 1 aromatic heterocycles. The lowest BCUT2D eigenvalue weighted by molar-refractivity contribution is -0.120. The minimum absolute atomic E-state index is 0.126. The Morgan fingerprint density at radius 2 is 1.95 bits per heavy atom. The van der Waals surface area contributed by atoms with Crippen molar-refractivity contribution >= 4 is 27.3 Å². The lowest BCUT2D eigenvalue weighted by atomic mass is 9.85. The average molecular weight is 346 g/mol. The summed E-state index contributed by atoms with van der Waals surface area (Å²) in [7, 11) is -2.11. The molecule has 2 rings (SSSR count). The van der Waals surface area contributed by atoms with Gasteiger partial charge in [-0.2, -0.15) is 0 Å². The van der Waals surface area contributed by atoms with Crippen molar-refractivity contribution in [2.75, 3.05) is 7.11 Å². The number of aromatic nitrogens is 1. The number of nitrogens with zero attached hydrogens (tertiary/aromatic N) is 1. The maximum Gasteiger partial charge on any atom is 0.275 e. The molecule has 1 aromatic rings. The van der Waals surface area contributed by atoms with Gasteiger partial charge in [0.25, 0.3) is 10.0 Å². The zero-order valence-corrected chi connectivity index (χ0v) is 14.7. The van der Waals surface area contributed by atoms with Gasteiger partial charge in [0, 0.05) is 13.5 Å². The van der Waals surface area contributed by atoms with E-state index in [4.69, 9.17) is 4.74 Å². The topological polar surface area (TPSA) is 85.4 Å². The maximum absolute atomic E-state index is 12.2. The van der Waals surface area contributed by atoms with E-state index in [9.17, 15) is 13.2 Å². The number of amides is 1. The van der Waals surface area contributed by atoms with Crippen LogP contribution in [0, 0.1) is 19.8 Å². The fraction of sp³-hybridized carbons (Fsp3) is 0.714. The Hall–Kier alpha value is -0.990. The molecule has 6 nitrogen and oxygen atoms in total. The smallest absolute Gasteiger partial charge is 0.275 e. The number of hydrogen-bond donors (Lipinski definition) is 1. The van der Waals surface area contributed by atoms with E-state index in [1.807, 2.05) is 0 Å². The van der Waals surface area contributed by atoms with Gasteiger partial charge < -0.3 is 4.74 Å². The fourth-order valence-corrected chi connectivity index (χ4v) is 5.31. The van der Waals surface area contributed by atoms with Gasteiger partial charge in [0.15, 0.2) is 4.21 Å². The van der Waals surface area contributed by atoms with Crippen molar-refractivity contribution in [2.24, 2.45) is 5.92 Å². The van der Waals surface area contributed by atoms with Gasteiger partial charge in [0.2, 0.25) is 5.91 Å². The number of carbonyl (C=O) groups excluding carboxylic acids is 1. The molecule has 0 aliphatic heterocycles. The largest absolute Gasteiger partial charge is 0.381 e.